The molecule has 0 spiro atoms. The Kier molecular flexibility index (Phi) is 5.03. The molecule has 0 unspecified atom stereocenters. The van der Waals surface area contributed by atoms with Gasteiger partial charge in [-0.2, -0.15) is 0 Å². The summed E-state index contributed by atoms with van der Waals surface area (Å²) in [6.45, 7) is 0. The number of carboxylic acid groups (broad SMARTS) is 2. The molecule has 0 radical (unpaired) electrons. The highest BCUT2D eigenvalue weighted by atomic mass is 16.4. The Morgan fingerprint density at radius 3 is 2.36 bits per heavy atom. The van der Waals surface area contributed by atoms with Gasteiger partial charge in [-0.05, 0) is 42.0 Å². The zero-order chi connectivity index (χ0) is 20.3. The normalized spacial score (nSPS) is 10.9. The summed E-state index contributed by atoms with van der Waals surface area (Å²) in [5.41, 5.74) is 0.712. The van der Waals surface area contributed by atoms with E-state index in [2.05, 4.69) is 10.3 Å². The van der Waals surface area contributed by atoms with Gasteiger partial charge in [0.15, 0.2) is 0 Å². The van der Waals surface area contributed by atoms with Gasteiger partial charge < -0.3 is 20.5 Å². The quantitative estimate of drug-likeness (QED) is 0.504. The third-order valence-corrected chi connectivity index (χ3v) is 3.91. The first-order chi connectivity index (χ1) is 13.3. The Morgan fingerprint density at radius 1 is 0.929 bits per heavy atom. The fraction of sp³-hybridized carbons (Fsp3) is 0. The first kappa shape index (κ1) is 18.6. The zero-order valence-corrected chi connectivity index (χ0v) is 14.3. The summed E-state index contributed by atoms with van der Waals surface area (Å²) in [7, 11) is 0. The van der Waals surface area contributed by atoms with Crippen LogP contribution >= 0.6 is 0 Å². The van der Waals surface area contributed by atoms with E-state index >= 15 is 0 Å². The predicted octanol–water partition coefficient (Wildman–Crippen LogP) is 2.58. The molecule has 0 saturated heterocycles. The fourth-order valence-corrected chi connectivity index (χ4v) is 2.64. The van der Waals surface area contributed by atoms with Gasteiger partial charge >= 0.3 is 11.9 Å². The third kappa shape index (κ3) is 4.13. The number of anilines is 1. The summed E-state index contributed by atoms with van der Waals surface area (Å²) in [5, 5.41) is 21.1. The number of aromatic amines is 1. The van der Waals surface area contributed by atoms with E-state index in [0.717, 1.165) is 0 Å². The van der Waals surface area contributed by atoms with Crippen LogP contribution in [0.25, 0.3) is 17.0 Å². The van der Waals surface area contributed by atoms with Crippen molar-refractivity contribution in [1.82, 2.24) is 4.98 Å². The lowest BCUT2D eigenvalue weighted by Crippen LogP contribution is -2.09. The van der Waals surface area contributed by atoms with Crippen molar-refractivity contribution in [2.24, 2.45) is 0 Å². The molecule has 28 heavy (non-hydrogen) atoms. The fourth-order valence-electron chi connectivity index (χ4n) is 2.64. The van der Waals surface area contributed by atoms with Crippen molar-refractivity contribution in [3.63, 3.8) is 0 Å². The average molecular weight is 378 g/mol. The number of H-pyrrole nitrogens is 1. The van der Waals surface area contributed by atoms with Crippen molar-refractivity contribution in [2.75, 3.05) is 5.32 Å². The van der Waals surface area contributed by atoms with E-state index in [-0.39, 0.29) is 11.1 Å². The Hall–Kier alpha value is -4.20. The van der Waals surface area contributed by atoms with Gasteiger partial charge in [0.25, 0.3) is 0 Å². The highest BCUT2D eigenvalue weighted by Gasteiger charge is 2.08. The second kappa shape index (κ2) is 7.58. The lowest BCUT2D eigenvalue weighted by atomic mass is 10.1. The van der Waals surface area contributed by atoms with Crippen LogP contribution in [-0.4, -0.2) is 33.0 Å². The van der Waals surface area contributed by atoms with Crippen molar-refractivity contribution in [3.8, 4) is 0 Å². The average Bonchev–Trinajstić information content (AvgIpc) is 2.65. The van der Waals surface area contributed by atoms with E-state index in [1.165, 1.54) is 48.6 Å². The summed E-state index contributed by atoms with van der Waals surface area (Å²) >= 11 is 0. The molecule has 0 saturated carbocycles. The van der Waals surface area contributed by atoms with Crippen LogP contribution in [0.15, 0.2) is 59.4 Å². The lowest BCUT2D eigenvalue weighted by molar-refractivity contribution is -0.111. The minimum atomic E-state index is -1.12. The maximum absolute atomic E-state index is 12.1. The van der Waals surface area contributed by atoms with Gasteiger partial charge in [0.2, 0.25) is 11.5 Å². The van der Waals surface area contributed by atoms with Crippen molar-refractivity contribution in [1.29, 1.82) is 0 Å². The number of hydrogen-bond donors (Lipinski definition) is 4. The molecule has 3 aromatic rings. The van der Waals surface area contributed by atoms with Gasteiger partial charge in [-0.1, -0.05) is 12.1 Å². The van der Waals surface area contributed by atoms with E-state index in [9.17, 15) is 19.2 Å². The molecule has 0 fully saturated rings. The number of amides is 1. The molecule has 0 atom stereocenters. The highest BCUT2D eigenvalue weighted by molar-refractivity contribution is 6.04. The van der Waals surface area contributed by atoms with Crippen LogP contribution in [0.5, 0.6) is 0 Å². The smallest absolute Gasteiger partial charge is 0.335 e. The standard InChI is InChI=1S/C20H14N2O6/c23-17(21-14-3-1-2-12(8-14)19(25)26)7-5-11-10-18(24)22-16-9-13(20(27)28)4-6-15(11)16/h1-10H,(H,21,23)(H,22,24)(H,25,26)(H,27,28)/b7-5-. The first-order valence-electron chi connectivity index (χ1n) is 8.06. The van der Waals surface area contributed by atoms with Gasteiger partial charge in [0.1, 0.15) is 0 Å². The number of carbonyl (C=O) groups is 3. The molecule has 0 aliphatic carbocycles. The molecule has 0 aliphatic rings. The van der Waals surface area contributed by atoms with Crippen LogP contribution in [0.3, 0.4) is 0 Å². The summed E-state index contributed by atoms with van der Waals surface area (Å²) in [5.74, 6) is -2.74. The molecule has 0 bridgehead atoms. The number of benzene rings is 2. The second-order valence-corrected chi connectivity index (χ2v) is 5.86. The molecule has 0 aliphatic heterocycles. The van der Waals surface area contributed by atoms with Gasteiger partial charge in [-0.3, -0.25) is 9.59 Å². The van der Waals surface area contributed by atoms with Crippen molar-refractivity contribution < 1.29 is 24.6 Å². The van der Waals surface area contributed by atoms with Crippen LogP contribution in [-0.2, 0) is 4.79 Å². The molecule has 1 heterocycles. The van der Waals surface area contributed by atoms with Crippen LogP contribution < -0.4 is 10.9 Å². The molecule has 2 aromatic carbocycles. The zero-order valence-electron chi connectivity index (χ0n) is 14.3. The summed E-state index contributed by atoms with van der Waals surface area (Å²) in [6.07, 6.45) is 2.63. The van der Waals surface area contributed by atoms with Crippen molar-refractivity contribution in [2.45, 2.75) is 0 Å². The van der Waals surface area contributed by atoms with Crippen LogP contribution in [0.2, 0.25) is 0 Å². The Balaban J connectivity index is 1.87. The molecule has 140 valence electrons. The molecule has 8 heteroatoms. The van der Waals surface area contributed by atoms with Crippen LogP contribution in [0.4, 0.5) is 5.69 Å². The SMILES string of the molecule is O=C(/C=C\c1cc(=O)[nH]c2cc(C(=O)O)ccc12)Nc1cccc(C(=O)O)c1. The predicted molar refractivity (Wildman–Crippen MR) is 103 cm³/mol. The monoisotopic (exact) mass is 378 g/mol. The minimum Gasteiger partial charge on any atom is -0.478 e. The molecule has 4 N–H and O–H groups in total. The second-order valence-electron chi connectivity index (χ2n) is 5.86. The number of hydrogen-bond acceptors (Lipinski definition) is 4. The summed E-state index contributed by atoms with van der Waals surface area (Å²) < 4.78 is 0. The maximum Gasteiger partial charge on any atom is 0.335 e. The molecule has 8 nitrogen and oxygen atoms in total. The molecule has 1 aromatic heterocycles. The minimum absolute atomic E-state index is 0.0281. The number of carbonyl (C=O) groups excluding carboxylic acids is 1. The highest BCUT2D eigenvalue weighted by Crippen LogP contribution is 2.18. The van der Waals surface area contributed by atoms with Crippen LogP contribution in [0, 0.1) is 0 Å². The number of fused-ring (bicyclic) bond motifs is 1. The largest absolute Gasteiger partial charge is 0.478 e. The number of rotatable bonds is 5. The van der Waals surface area contributed by atoms with Crippen LogP contribution in [0.1, 0.15) is 26.3 Å². The van der Waals surface area contributed by atoms with Gasteiger partial charge in [0.05, 0.1) is 11.1 Å². The Labute approximate surface area is 157 Å². The third-order valence-electron chi connectivity index (χ3n) is 3.91. The molecule has 1 amide bonds. The van der Waals surface area contributed by atoms with Gasteiger partial charge in [0, 0.05) is 28.7 Å². The number of aromatic carboxylic acids is 2. The molecule has 3 rings (SSSR count). The number of carboxylic acids is 2. The Morgan fingerprint density at radius 2 is 1.64 bits per heavy atom. The van der Waals surface area contributed by atoms with Crippen molar-refractivity contribution in [3.05, 3.63) is 81.7 Å². The molecular formula is C20H14N2O6. The first-order valence-corrected chi connectivity index (χ1v) is 8.06. The molecular weight excluding hydrogens is 364 g/mol. The number of aromatic nitrogens is 1. The summed E-state index contributed by atoms with van der Waals surface area (Å²) in [4.78, 5) is 48.6. The van der Waals surface area contributed by atoms with E-state index in [1.54, 1.807) is 12.1 Å². The van der Waals surface area contributed by atoms with E-state index in [4.69, 9.17) is 10.2 Å². The van der Waals surface area contributed by atoms with Gasteiger partial charge in [-0.25, -0.2) is 9.59 Å². The van der Waals surface area contributed by atoms with E-state index in [0.29, 0.717) is 22.2 Å². The van der Waals surface area contributed by atoms with Crippen molar-refractivity contribution >= 4 is 40.5 Å². The number of pyridine rings is 1. The number of nitrogens with one attached hydrogen (secondary N) is 2. The van der Waals surface area contributed by atoms with Gasteiger partial charge in [-0.15, -0.1) is 0 Å². The van der Waals surface area contributed by atoms with E-state index < -0.39 is 23.4 Å². The lowest BCUT2D eigenvalue weighted by Gasteiger charge is -2.05. The maximum atomic E-state index is 12.1. The summed E-state index contributed by atoms with van der Waals surface area (Å²) in [6, 6.07) is 11.4. The topological polar surface area (TPSA) is 137 Å². The van der Waals surface area contributed by atoms with E-state index in [1.807, 2.05) is 0 Å². The Bertz CT molecular complexity index is 1190.